The number of nitrogens with two attached hydrogens (primary N) is 2. The van der Waals surface area contributed by atoms with Crippen molar-refractivity contribution in [2.75, 3.05) is 17.2 Å². The molecule has 1 atom stereocenters. The third kappa shape index (κ3) is 4.92. The second kappa shape index (κ2) is 8.26. The van der Waals surface area contributed by atoms with Crippen LogP contribution in [0.3, 0.4) is 0 Å². The molecule has 1 unspecified atom stereocenters. The van der Waals surface area contributed by atoms with E-state index in [-0.39, 0.29) is 6.04 Å². The Morgan fingerprint density at radius 1 is 1.33 bits per heavy atom. The first-order chi connectivity index (χ1) is 11.5. The molecule has 2 rings (SSSR count). The van der Waals surface area contributed by atoms with E-state index in [0.29, 0.717) is 29.4 Å². The topological polar surface area (TPSA) is 119 Å². The van der Waals surface area contributed by atoms with Gasteiger partial charge in [0, 0.05) is 30.5 Å². The molecule has 0 bridgehead atoms. The maximum absolute atomic E-state index is 11.6. The van der Waals surface area contributed by atoms with Crippen molar-refractivity contribution in [1.82, 2.24) is 9.97 Å². The number of carbonyl (C=O) groups excluding carboxylic acids is 1. The van der Waals surface area contributed by atoms with Gasteiger partial charge >= 0.3 is 0 Å². The minimum atomic E-state index is -0.549. The SMILES string of the molecule is CCCC(N)CNc1cc(Nc2cccc(C)n2)c(C(N)=O)cn1. The van der Waals surface area contributed by atoms with Crippen molar-refractivity contribution in [3.8, 4) is 0 Å². The molecule has 2 heterocycles. The van der Waals surface area contributed by atoms with Gasteiger partial charge in [0.1, 0.15) is 11.6 Å². The largest absolute Gasteiger partial charge is 0.368 e. The van der Waals surface area contributed by atoms with Gasteiger partial charge in [0.2, 0.25) is 0 Å². The van der Waals surface area contributed by atoms with Gasteiger partial charge in [-0.15, -0.1) is 0 Å². The van der Waals surface area contributed by atoms with Gasteiger partial charge in [-0.25, -0.2) is 9.97 Å². The highest BCUT2D eigenvalue weighted by atomic mass is 16.1. The molecule has 0 saturated heterocycles. The van der Waals surface area contributed by atoms with Gasteiger partial charge in [-0.05, 0) is 25.5 Å². The van der Waals surface area contributed by atoms with Gasteiger partial charge in [-0.3, -0.25) is 4.79 Å². The Morgan fingerprint density at radius 2 is 2.12 bits per heavy atom. The lowest BCUT2D eigenvalue weighted by Crippen LogP contribution is -2.29. The second-order valence-electron chi connectivity index (χ2n) is 5.70. The maximum Gasteiger partial charge on any atom is 0.252 e. The summed E-state index contributed by atoms with van der Waals surface area (Å²) in [5.41, 5.74) is 13.2. The number of primary amides is 1. The molecular weight excluding hydrogens is 304 g/mol. The van der Waals surface area contributed by atoms with Crippen molar-refractivity contribution >= 4 is 23.2 Å². The van der Waals surface area contributed by atoms with E-state index in [2.05, 4.69) is 27.5 Å². The van der Waals surface area contributed by atoms with Crippen LogP contribution in [0, 0.1) is 6.92 Å². The number of aryl methyl sites for hydroxylation is 1. The van der Waals surface area contributed by atoms with Crippen molar-refractivity contribution in [3.05, 3.63) is 41.7 Å². The predicted octanol–water partition coefficient (Wildman–Crippen LogP) is 2.17. The standard InChI is InChI=1S/C17H24N6O/c1-3-5-12(18)9-20-16-8-14(13(10-21-16)17(19)24)23-15-7-4-6-11(2)22-15/h4,6-8,10,12H,3,5,9,18H2,1-2H3,(H2,19,24)(H2,20,21,22,23). The number of amides is 1. The molecule has 128 valence electrons. The molecule has 0 radical (unpaired) electrons. The van der Waals surface area contributed by atoms with E-state index >= 15 is 0 Å². The highest BCUT2D eigenvalue weighted by Gasteiger charge is 2.12. The number of hydrogen-bond acceptors (Lipinski definition) is 6. The van der Waals surface area contributed by atoms with Gasteiger partial charge in [0.15, 0.2) is 0 Å². The molecule has 24 heavy (non-hydrogen) atoms. The van der Waals surface area contributed by atoms with Gasteiger partial charge in [0.25, 0.3) is 5.91 Å². The van der Waals surface area contributed by atoms with E-state index in [1.807, 2.05) is 25.1 Å². The zero-order chi connectivity index (χ0) is 17.5. The van der Waals surface area contributed by atoms with Crippen LogP contribution < -0.4 is 22.1 Å². The molecule has 0 fully saturated rings. The van der Waals surface area contributed by atoms with Crippen LogP contribution in [0.1, 0.15) is 35.8 Å². The quantitative estimate of drug-likeness (QED) is 0.589. The van der Waals surface area contributed by atoms with Crippen LogP contribution in [0.4, 0.5) is 17.3 Å². The minimum absolute atomic E-state index is 0.0578. The van der Waals surface area contributed by atoms with Gasteiger partial charge in [0.05, 0.1) is 11.3 Å². The van der Waals surface area contributed by atoms with Gasteiger partial charge < -0.3 is 22.1 Å². The van der Waals surface area contributed by atoms with Gasteiger partial charge in [-0.1, -0.05) is 19.4 Å². The summed E-state index contributed by atoms with van der Waals surface area (Å²) in [6.45, 7) is 4.60. The number of carbonyl (C=O) groups is 1. The second-order valence-corrected chi connectivity index (χ2v) is 5.70. The van der Waals surface area contributed by atoms with Crippen LogP contribution in [0.25, 0.3) is 0 Å². The summed E-state index contributed by atoms with van der Waals surface area (Å²) in [7, 11) is 0. The van der Waals surface area contributed by atoms with Crippen molar-refractivity contribution in [1.29, 1.82) is 0 Å². The molecule has 0 aliphatic heterocycles. The Bertz CT molecular complexity index is 703. The molecule has 7 heteroatoms. The van der Waals surface area contributed by atoms with E-state index in [1.165, 1.54) is 6.20 Å². The van der Waals surface area contributed by atoms with Gasteiger partial charge in [-0.2, -0.15) is 0 Å². The van der Waals surface area contributed by atoms with E-state index in [9.17, 15) is 4.79 Å². The number of nitrogens with zero attached hydrogens (tertiary/aromatic N) is 2. The lowest BCUT2D eigenvalue weighted by Gasteiger charge is -2.15. The van der Waals surface area contributed by atoms with Crippen LogP contribution in [-0.4, -0.2) is 28.5 Å². The molecule has 2 aromatic rings. The highest BCUT2D eigenvalue weighted by Crippen LogP contribution is 2.22. The summed E-state index contributed by atoms with van der Waals surface area (Å²) in [4.78, 5) is 20.2. The lowest BCUT2D eigenvalue weighted by atomic mass is 10.2. The number of nitrogens with one attached hydrogen (secondary N) is 2. The fourth-order valence-electron chi connectivity index (χ4n) is 2.31. The Kier molecular flexibility index (Phi) is 6.08. The normalized spacial score (nSPS) is 11.8. The smallest absolute Gasteiger partial charge is 0.252 e. The van der Waals surface area contributed by atoms with Crippen molar-refractivity contribution in [2.45, 2.75) is 32.7 Å². The summed E-state index contributed by atoms with van der Waals surface area (Å²) in [6, 6.07) is 7.40. The van der Waals surface area contributed by atoms with Crippen LogP contribution in [-0.2, 0) is 0 Å². The first kappa shape index (κ1) is 17.7. The molecule has 2 aromatic heterocycles. The van der Waals surface area contributed by atoms with Crippen LogP contribution >= 0.6 is 0 Å². The molecule has 0 spiro atoms. The van der Waals surface area contributed by atoms with E-state index in [4.69, 9.17) is 11.5 Å². The summed E-state index contributed by atoms with van der Waals surface area (Å²) in [5.74, 6) is 0.714. The first-order valence-corrected chi connectivity index (χ1v) is 7.99. The van der Waals surface area contributed by atoms with E-state index < -0.39 is 5.91 Å². The summed E-state index contributed by atoms with van der Waals surface area (Å²) in [6.07, 6.45) is 3.42. The predicted molar refractivity (Wildman–Crippen MR) is 96.4 cm³/mol. The molecule has 0 saturated carbocycles. The third-order valence-electron chi connectivity index (χ3n) is 3.53. The van der Waals surface area contributed by atoms with Crippen molar-refractivity contribution in [2.24, 2.45) is 11.5 Å². The van der Waals surface area contributed by atoms with E-state index in [1.54, 1.807) is 6.07 Å². The average molecular weight is 328 g/mol. The molecule has 0 aliphatic carbocycles. The Labute approximate surface area is 141 Å². The Balaban J connectivity index is 2.20. The monoisotopic (exact) mass is 328 g/mol. The zero-order valence-electron chi connectivity index (χ0n) is 14.0. The number of hydrogen-bond donors (Lipinski definition) is 4. The van der Waals surface area contributed by atoms with Crippen LogP contribution in [0.2, 0.25) is 0 Å². The molecule has 0 aromatic carbocycles. The molecule has 7 nitrogen and oxygen atoms in total. The summed E-state index contributed by atoms with van der Waals surface area (Å²) in [5, 5.41) is 6.31. The number of pyridine rings is 2. The zero-order valence-corrected chi connectivity index (χ0v) is 14.0. The fourth-order valence-corrected chi connectivity index (χ4v) is 2.31. The minimum Gasteiger partial charge on any atom is -0.368 e. The maximum atomic E-state index is 11.6. The number of aromatic nitrogens is 2. The first-order valence-electron chi connectivity index (χ1n) is 7.99. The number of rotatable bonds is 8. The Morgan fingerprint density at radius 3 is 2.79 bits per heavy atom. The average Bonchev–Trinajstić information content (AvgIpc) is 2.53. The third-order valence-corrected chi connectivity index (χ3v) is 3.53. The van der Waals surface area contributed by atoms with E-state index in [0.717, 1.165) is 18.5 Å². The Hall–Kier alpha value is -2.67. The molecule has 1 amide bonds. The molecule has 0 aliphatic rings. The van der Waals surface area contributed by atoms with Crippen LogP contribution in [0.5, 0.6) is 0 Å². The fraction of sp³-hybridized carbons (Fsp3) is 0.353. The summed E-state index contributed by atoms with van der Waals surface area (Å²) >= 11 is 0. The van der Waals surface area contributed by atoms with Crippen molar-refractivity contribution < 1.29 is 4.79 Å². The summed E-state index contributed by atoms with van der Waals surface area (Å²) < 4.78 is 0. The highest BCUT2D eigenvalue weighted by molar-refractivity contribution is 5.99. The molecular formula is C17H24N6O. The lowest BCUT2D eigenvalue weighted by molar-refractivity contribution is 0.100. The molecule has 6 N–H and O–H groups in total. The number of anilines is 3. The van der Waals surface area contributed by atoms with Crippen molar-refractivity contribution in [3.63, 3.8) is 0 Å². The van der Waals surface area contributed by atoms with Crippen LogP contribution in [0.15, 0.2) is 30.5 Å².